The fourth-order valence-electron chi connectivity index (χ4n) is 0.964. The van der Waals surface area contributed by atoms with E-state index in [9.17, 15) is 9.90 Å². The van der Waals surface area contributed by atoms with E-state index in [0.29, 0.717) is 11.3 Å². The zero-order valence-electron chi connectivity index (χ0n) is 8.36. The molecule has 0 spiro atoms. The van der Waals surface area contributed by atoms with E-state index in [0.717, 1.165) is 6.29 Å². The number of carbonyl (C=O) groups is 1. The van der Waals surface area contributed by atoms with Crippen molar-refractivity contribution in [2.75, 3.05) is 6.61 Å². The number of ether oxygens (including phenoxy) is 1. The number of rotatable bonds is 4. The smallest absolute Gasteiger partial charge is 0.153 e. The zero-order valence-corrected chi connectivity index (χ0v) is 8.36. The molecular formula is C11H14O3. The maximum Gasteiger partial charge on any atom is 0.153 e. The molecule has 0 bridgehead atoms. The molecule has 1 N–H and O–H groups in total. The summed E-state index contributed by atoms with van der Waals surface area (Å²) in [4.78, 5) is 10.6. The molecule has 0 aliphatic heterocycles. The molecule has 1 aromatic rings. The molecule has 0 saturated carbocycles. The SMILES string of the molecule is CC(C)(O)COc1ccccc1C=O. The van der Waals surface area contributed by atoms with Gasteiger partial charge in [-0.05, 0) is 26.0 Å². The summed E-state index contributed by atoms with van der Waals surface area (Å²) < 4.78 is 5.31. The summed E-state index contributed by atoms with van der Waals surface area (Å²) in [7, 11) is 0. The molecule has 0 heterocycles. The molecular weight excluding hydrogens is 180 g/mol. The molecule has 1 rings (SSSR count). The van der Waals surface area contributed by atoms with E-state index in [-0.39, 0.29) is 6.61 Å². The molecule has 1 aromatic carbocycles. The third-order valence-electron chi connectivity index (χ3n) is 1.63. The number of para-hydroxylation sites is 1. The Kier molecular flexibility index (Phi) is 3.25. The van der Waals surface area contributed by atoms with Crippen molar-refractivity contribution in [1.29, 1.82) is 0 Å². The predicted octanol–water partition coefficient (Wildman–Crippen LogP) is 1.65. The van der Waals surface area contributed by atoms with E-state index in [2.05, 4.69) is 0 Å². The minimum absolute atomic E-state index is 0.165. The molecule has 0 fully saturated rings. The van der Waals surface area contributed by atoms with Crippen molar-refractivity contribution >= 4 is 6.29 Å². The Hall–Kier alpha value is -1.35. The second-order valence-corrected chi connectivity index (χ2v) is 3.76. The van der Waals surface area contributed by atoms with Gasteiger partial charge >= 0.3 is 0 Å². The molecule has 14 heavy (non-hydrogen) atoms. The van der Waals surface area contributed by atoms with Gasteiger partial charge in [0, 0.05) is 0 Å². The first-order chi connectivity index (χ1) is 6.53. The van der Waals surface area contributed by atoms with Gasteiger partial charge in [-0.3, -0.25) is 4.79 Å². The molecule has 0 unspecified atom stereocenters. The Morgan fingerprint density at radius 2 is 2.07 bits per heavy atom. The lowest BCUT2D eigenvalue weighted by molar-refractivity contribution is 0.0282. The van der Waals surface area contributed by atoms with Crippen LogP contribution in [0.15, 0.2) is 24.3 Å². The highest BCUT2D eigenvalue weighted by atomic mass is 16.5. The number of hydrogen-bond acceptors (Lipinski definition) is 3. The quantitative estimate of drug-likeness (QED) is 0.741. The Bertz CT molecular complexity index is 313. The zero-order chi connectivity index (χ0) is 10.6. The standard InChI is InChI=1S/C11H14O3/c1-11(2,13)8-14-10-6-4-3-5-9(10)7-12/h3-7,13H,8H2,1-2H3. The highest BCUT2D eigenvalue weighted by molar-refractivity contribution is 5.79. The van der Waals surface area contributed by atoms with Crippen LogP contribution in [0.3, 0.4) is 0 Å². The molecule has 0 aromatic heterocycles. The van der Waals surface area contributed by atoms with Crippen LogP contribution in [-0.4, -0.2) is 23.6 Å². The second-order valence-electron chi connectivity index (χ2n) is 3.76. The highest BCUT2D eigenvalue weighted by Gasteiger charge is 2.14. The topological polar surface area (TPSA) is 46.5 Å². The van der Waals surface area contributed by atoms with Crippen molar-refractivity contribution in [1.82, 2.24) is 0 Å². The number of aldehydes is 1. The van der Waals surface area contributed by atoms with Crippen LogP contribution in [0.2, 0.25) is 0 Å². The molecule has 0 atom stereocenters. The lowest BCUT2D eigenvalue weighted by Gasteiger charge is -2.18. The second kappa shape index (κ2) is 4.24. The van der Waals surface area contributed by atoms with Gasteiger partial charge in [0.05, 0.1) is 11.2 Å². The monoisotopic (exact) mass is 194 g/mol. The van der Waals surface area contributed by atoms with Crippen LogP contribution >= 0.6 is 0 Å². The van der Waals surface area contributed by atoms with Crippen molar-refractivity contribution in [2.45, 2.75) is 19.4 Å². The van der Waals surface area contributed by atoms with Gasteiger partial charge in [-0.15, -0.1) is 0 Å². The van der Waals surface area contributed by atoms with E-state index >= 15 is 0 Å². The Morgan fingerprint density at radius 3 is 2.64 bits per heavy atom. The third kappa shape index (κ3) is 3.18. The van der Waals surface area contributed by atoms with Gasteiger partial charge in [0.1, 0.15) is 12.4 Å². The molecule has 76 valence electrons. The summed E-state index contributed by atoms with van der Waals surface area (Å²) in [5.74, 6) is 0.504. The van der Waals surface area contributed by atoms with Crippen LogP contribution in [-0.2, 0) is 0 Å². The van der Waals surface area contributed by atoms with Gasteiger partial charge < -0.3 is 9.84 Å². The highest BCUT2D eigenvalue weighted by Crippen LogP contribution is 2.17. The van der Waals surface area contributed by atoms with Crippen molar-refractivity contribution in [3.05, 3.63) is 29.8 Å². The number of hydrogen-bond donors (Lipinski definition) is 1. The van der Waals surface area contributed by atoms with E-state index in [1.165, 1.54) is 0 Å². The average molecular weight is 194 g/mol. The summed E-state index contributed by atoms with van der Waals surface area (Å²) in [6, 6.07) is 6.93. The van der Waals surface area contributed by atoms with Crippen molar-refractivity contribution < 1.29 is 14.6 Å². The largest absolute Gasteiger partial charge is 0.490 e. The Labute approximate surface area is 83.3 Å². The maximum absolute atomic E-state index is 10.6. The number of benzene rings is 1. The number of aliphatic hydroxyl groups is 1. The van der Waals surface area contributed by atoms with Crippen LogP contribution in [0.1, 0.15) is 24.2 Å². The summed E-state index contributed by atoms with van der Waals surface area (Å²) in [5, 5.41) is 9.43. The molecule has 0 aliphatic rings. The fourth-order valence-corrected chi connectivity index (χ4v) is 0.964. The van der Waals surface area contributed by atoms with E-state index < -0.39 is 5.60 Å². The summed E-state index contributed by atoms with van der Waals surface area (Å²) in [6.07, 6.45) is 0.736. The van der Waals surface area contributed by atoms with Gasteiger partial charge in [-0.25, -0.2) is 0 Å². The van der Waals surface area contributed by atoms with Crippen molar-refractivity contribution in [2.24, 2.45) is 0 Å². The lowest BCUT2D eigenvalue weighted by atomic mass is 10.1. The summed E-state index contributed by atoms with van der Waals surface area (Å²) in [6.45, 7) is 3.46. The first-order valence-corrected chi connectivity index (χ1v) is 4.42. The van der Waals surface area contributed by atoms with Crippen LogP contribution in [0, 0.1) is 0 Å². The van der Waals surface area contributed by atoms with Crippen LogP contribution in [0.25, 0.3) is 0 Å². The molecule has 0 aliphatic carbocycles. The Morgan fingerprint density at radius 1 is 1.43 bits per heavy atom. The minimum atomic E-state index is -0.893. The van der Waals surface area contributed by atoms with Crippen molar-refractivity contribution in [3.8, 4) is 5.75 Å². The first-order valence-electron chi connectivity index (χ1n) is 4.42. The molecule has 0 saturated heterocycles. The average Bonchev–Trinajstić information content (AvgIpc) is 2.14. The summed E-state index contributed by atoms with van der Waals surface area (Å²) in [5.41, 5.74) is -0.396. The van der Waals surface area contributed by atoms with Gasteiger partial charge in [-0.1, -0.05) is 12.1 Å². The summed E-state index contributed by atoms with van der Waals surface area (Å²) >= 11 is 0. The van der Waals surface area contributed by atoms with Crippen LogP contribution in [0.4, 0.5) is 0 Å². The van der Waals surface area contributed by atoms with Gasteiger partial charge in [0.25, 0.3) is 0 Å². The molecule has 3 nitrogen and oxygen atoms in total. The maximum atomic E-state index is 10.6. The van der Waals surface area contributed by atoms with E-state index in [4.69, 9.17) is 4.74 Å². The van der Waals surface area contributed by atoms with E-state index in [1.807, 2.05) is 0 Å². The van der Waals surface area contributed by atoms with Gasteiger partial charge in [-0.2, -0.15) is 0 Å². The van der Waals surface area contributed by atoms with E-state index in [1.54, 1.807) is 38.1 Å². The molecule has 0 radical (unpaired) electrons. The Balaban J connectivity index is 2.71. The first kappa shape index (κ1) is 10.7. The lowest BCUT2D eigenvalue weighted by Crippen LogP contribution is -2.28. The van der Waals surface area contributed by atoms with Crippen molar-refractivity contribution in [3.63, 3.8) is 0 Å². The van der Waals surface area contributed by atoms with Crippen LogP contribution < -0.4 is 4.74 Å². The number of carbonyl (C=O) groups excluding carboxylic acids is 1. The van der Waals surface area contributed by atoms with Gasteiger partial charge in [0.15, 0.2) is 6.29 Å². The minimum Gasteiger partial charge on any atom is -0.490 e. The molecule has 3 heteroatoms. The fraction of sp³-hybridized carbons (Fsp3) is 0.364. The van der Waals surface area contributed by atoms with Crippen LogP contribution in [0.5, 0.6) is 5.75 Å². The third-order valence-corrected chi connectivity index (χ3v) is 1.63. The van der Waals surface area contributed by atoms with Gasteiger partial charge in [0.2, 0.25) is 0 Å². The normalized spacial score (nSPS) is 11.1. The molecule has 0 amide bonds. The predicted molar refractivity (Wildman–Crippen MR) is 53.6 cm³/mol.